The first-order valence-electron chi connectivity index (χ1n) is 4.40. The lowest BCUT2D eigenvalue weighted by Gasteiger charge is -2.10. The fraction of sp³-hybridized carbons (Fsp3) is 0.300. The van der Waals surface area contributed by atoms with Gasteiger partial charge in [-0.3, -0.25) is 4.79 Å². The van der Waals surface area contributed by atoms with E-state index < -0.39 is 12.1 Å². The molecule has 0 fully saturated rings. The summed E-state index contributed by atoms with van der Waals surface area (Å²) in [4.78, 5) is 10.5. The van der Waals surface area contributed by atoms with E-state index in [0.717, 1.165) is 12.1 Å². The van der Waals surface area contributed by atoms with Gasteiger partial charge in [-0.25, -0.2) is 0 Å². The summed E-state index contributed by atoms with van der Waals surface area (Å²) in [6.07, 6.45) is -4.21. The Morgan fingerprint density at radius 2 is 2.00 bits per heavy atom. The summed E-state index contributed by atoms with van der Waals surface area (Å²) in [5, 5.41) is 8.66. The minimum absolute atomic E-state index is 0.0743. The van der Waals surface area contributed by atoms with Gasteiger partial charge in [-0.05, 0) is 30.2 Å². The second-order valence-electron chi connectivity index (χ2n) is 3.05. The fourth-order valence-corrected chi connectivity index (χ4v) is 1.22. The number of hydrogen-bond donors (Lipinski definition) is 1. The van der Waals surface area contributed by atoms with Gasteiger partial charge >= 0.3 is 6.36 Å². The zero-order chi connectivity index (χ0) is 12.2. The first-order chi connectivity index (χ1) is 7.44. The number of alkyl halides is 3. The molecule has 0 bridgehead atoms. The van der Waals surface area contributed by atoms with Gasteiger partial charge in [0.15, 0.2) is 0 Å². The Kier molecular flexibility index (Phi) is 3.89. The molecule has 0 aromatic heterocycles. The first-order valence-corrected chi connectivity index (χ1v) is 4.40. The zero-order valence-electron chi connectivity index (χ0n) is 8.12. The summed E-state index contributed by atoms with van der Waals surface area (Å²) in [6, 6.07) is 3.52. The van der Waals surface area contributed by atoms with E-state index in [1.165, 1.54) is 6.07 Å². The number of rotatable bonds is 4. The summed E-state index contributed by atoms with van der Waals surface area (Å²) < 4.78 is 39.5. The predicted molar refractivity (Wildman–Crippen MR) is 49.3 cm³/mol. The molecule has 1 aromatic rings. The van der Waals surface area contributed by atoms with Gasteiger partial charge in [-0.1, -0.05) is 0 Å². The van der Waals surface area contributed by atoms with Gasteiger partial charge in [0.25, 0.3) is 0 Å². The van der Waals surface area contributed by atoms with Crippen molar-refractivity contribution >= 4 is 6.29 Å². The van der Waals surface area contributed by atoms with Gasteiger partial charge in [-0.15, -0.1) is 13.2 Å². The highest BCUT2D eigenvalue weighted by atomic mass is 19.4. The Morgan fingerprint density at radius 1 is 1.31 bits per heavy atom. The molecule has 88 valence electrons. The van der Waals surface area contributed by atoms with Crippen LogP contribution in [0, 0.1) is 0 Å². The lowest BCUT2D eigenvalue weighted by molar-refractivity contribution is -0.274. The van der Waals surface area contributed by atoms with E-state index in [1.807, 2.05) is 0 Å². The van der Waals surface area contributed by atoms with E-state index >= 15 is 0 Å². The average Bonchev–Trinajstić information content (AvgIpc) is 2.15. The lowest BCUT2D eigenvalue weighted by Crippen LogP contribution is -2.17. The molecule has 0 aliphatic carbocycles. The molecule has 1 rings (SSSR count). The van der Waals surface area contributed by atoms with Crippen LogP contribution < -0.4 is 4.74 Å². The maximum absolute atomic E-state index is 11.9. The largest absolute Gasteiger partial charge is 0.573 e. The van der Waals surface area contributed by atoms with Crippen molar-refractivity contribution in [1.82, 2.24) is 0 Å². The molecule has 0 spiro atoms. The lowest BCUT2D eigenvalue weighted by atomic mass is 10.1. The van der Waals surface area contributed by atoms with E-state index in [1.54, 1.807) is 0 Å². The molecule has 16 heavy (non-hydrogen) atoms. The minimum Gasteiger partial charge on any atom is -0.406 e. The topological polar surface area (TPSA) is 46.5 Å². The van der Waals surface area contributed by atoms with Gasteiger partial charge in [0, 0.05) is 12.2 Å². The second-order valence-corrected chi connectivity index (χ2v) is 3.05. The quantitative estimate of drug-likeness (QED) is 0.810. The Hall–Kier alpha value is -1.56. The summed E-state index contributed by atoms with van der Waals surface area (Å²) in [6.45, 7) is -0.215. The van der Waals surface area contributed by atoms with Crippen LogP contribution in [0.5, 0.6) is 5.75 Å². The van der Waals surface area contributed by atoms with Crippen LogP contribution in [0.1, 0.15) is 15.9 Å². The van der Waals surface area contributed by atoms with Crippen molar-refractivity contribution in [2.75, 3.05) is 6.61 Å². The van der Waals surface area contributed by atoms with Crippen molar-refractivity contribution in [3.05, 3.63) is 29.3 Å². The van der Waals surface area contributed by atoms with Crippen LogP contribution in [0.15, 0.2) is 18.2 Å². The van der Waals surface area contributed by atoms with Crippen LogP contribution in [-0.2, 0) is 6.42 Å². The maximum atomic E-state index is 11.9. The van der Waals surface area contributed by atoms with Gasteiger partial charge in [0.2, 0.25) is 0 Å². The molecular weight excluding hydrogens is 225 g/mol. The summed E-state index contributed by atoms with van der Waals surface area (Å²) >= 11 is 0. The van der Waals surface area contributed by atoms with Crippen LogP contribution in [0.25, 0.3) is 0 Å². The number of carbonyl (C=O) groups is 1. The van der Waals surface area contributed by atoms with Gasteiger partial charge in [-0.2, -0.15) is 0 Å². The number of aliphatic hydroxyl groups is 1. The van der Waals surface area contributed by atoms with Gasteiger partial charge in [0.05, 0.1) is 0 Å². The zero-order valence-corrected chi connectivity index (χ0v) is 8.12. The van der Waals surface area contributed by atoms with Crippen molar-refractivity contribution in [2.24, 2.45) is 0 Å². The molecule has 0 radical (unpaired) electrons. The molecule has 0 saturated heterocycles. The van der Waals surface area contributed by atoms with Crippen molar-refractivity contribution in [1.29, 1.82) is 0 Å². The predicted octanol–water partition coefficient (Wildman–Crippen LogP) is 1.93. The number of benzene rings is 1. The highest BCUT2D eigenvalue weighted by molar-refractivity contribution is 5.76. The Balaban J connectivity index is 2.99. The monoisotopic (exact) mass is 234 g/mol. The minimum atomic E-state index is -4.79. The van der Waals surface area contributed by atoms with Crippen LogP contribution in [0.4, 0.5) is 13.2 Å². The van der Waals surface area contributed by atoms with E-state index in [0.29, 0.717) is 11.8 Å². The van der Waals surface area contributed by atoms with Crippen LogP contribution in [-0.4, -0.2) is 24.4 Å². The molecule has 0 amide bonds. The Morgan fingerprint density at radius 3 is 2.50 bits per heavy atom. The highest BCUT2D eigenvalue weighted by Gasteiger charge is 2.31. The first kappa shape index (κ1) is 12.5. The fourth-order valence-electron chi connectivity index (χ4n) is 1.22. The maximum Gasteiger partial charge on any atom is 0.573 e. The standard InChI is InChI=1S/C10H9F3O3/c11-10(12,13)16-9-4-7(1-2-14)3-8(5-9)6-15/h3-6,14H,1-2H2. The number of hydrogen-bond acceptors (Lipinski definition) is 3. The van der Waals surface area contributed by atoms with Gasteiger partial charge in [0.1, 0.15) is 12.0 Å². The molecule has 0 aliphatic rings. The van der Waals surface area contributed by atoms with E-state index in [2.05, 4.69) is 4.74 Å². The molecule has 0 saturated carbocycles. The summed E-state index contributed by atoms with van der Waals surface area (Å²) in [5.41, 5.74) is 0.483. The molecule has 1 aromatic carbocycles. The van der Waals surface area contributed by atoms with Crippen molar-refractivity contribution in [2.45, 2.75) is 12.8 Å². The third-order valence-corrected chi connectivity index (χ3v) is 1.76. The molecule has 1 N–H and O–H groups in total. The van der Waals surface area contributed by atoms with Crippen molar-refractivity contribution in [3.63, 3.8) is 0 Å². The number of ether oxygens (including phenoxy) is 1. The summed E-state index contributed by atoms with van der Waals surface area (Å²) in [7, 11) is 0. The molecule has 6 heteroatoms. The molecule has 0 atom stereocenters. The molecule has 0 unspecified atom stereocenters. The number of carbonyl (C=O) groups excluding carboxylic acids is 1. The third kappa shape index (κ3) is 3.90. The van der Waals surface area contributed by atoms with Crippen LogP contribution in [0.2, 0.25) is 0 Å². The molecule has 0 heterocycles. The van der Waals surface area contributed by atoms with E-state index in [9.17, 15) is 18.0 Å². The second kappa shape index (κ2) is 4.98. The molecular formula is C10H9F3O3. The normalized spacial score (nSPS) is 11.2. The Labute approximate surface area is 89.5 Å². The van der Waals surface area contributed by atoms with Crippen molar-refractivity contribution in [3.8, 4) is 5.75 Å². The highest BCUT2D eigenvalue weighted by Crippen LogP contribution is 2.24. The molecule has 0 aliphatic heterocycles. The molecule has 3 nitrogen and oxygen atoms in total. The van der Waals surface area contributed by atoms with E-state index in [-0.39, 0.29) is 18.6 Å². The SMILES string of the molecule is O=Cc1cc(CCO)cc(OC(F)(F)F)c1. The number of aliphatic hydroxyl groups excluding tert-OH is 1. The number of halogens is 3. The smallest absolute Gasteiger partial charge is 0.406 e. The van der Waals surface area contributed by atoms with Crippen molar-refractivity contribution < 1.29 is 27.8 Å². The van der Waals surface area contributed by atoms with Gasteiger partial charge < -0.3 is 9.84 Å². The van der Waals surface area contributed by atoms with Crippen LogP contribution >= 0.6 is 0 Å². The summed E-state index contributed by atoms with van der Waals surface area (Å²) in [5.74, 6) is -0.458. The number of aldehydes is 1. The van der Waals surface area contributed by atoms with Crippen LogP contribution in [0.3, 0.4) is 0 Å². The van der Waals surface area contributed by atoms with E-state index in [4.69, 9.17) is 5.11 Å². The third-order valence-electron chi connectivity index (χ3n) is 1.76. The Bertz CT molecular complexity index is 374. The average molecular weight is 234 g/mol.